The van der Waals surface area contributed by atoms with Gasteiger partial charge in [0.05, 0.1) is 25.5 Å². The zero-order valence-corrected chi connectivity index (χ0v) is 18.1. The topological polar surface area (TPSA) is 74.3 Å². The maximum absolute atomic E-state index is 4.77. The molecule has 7 nitrogen and oxygen atoms in total. The predicted octanol–water partition coefficient (Wildman–Crippen LogP) is 4.31. The first-order chi connectivity index (χ1) is 15.7. The zero-order chi connectivity index (χ0) is 21.9. The molecule has 158 valence electrons. The lowest BCUT2D eigenvalue weighted by molar-refractivity contribution is 0.631. The van der Waals surface area contributed by atoms with Crippen LogP contribution in [0, 0.1) is 13.8 Å². The van der Waals surface area contributed by atoms with Crippen molar-refractivity contribution in [2.24, 2.45) is 0 Å². The largest absolute Gasteiger partial charge is 0.258 e. The second-order valence-corrected chi connectivity index (χ2v) is 7.81. The summed E-state index contributed by atoms with van der Waals surface area (Å²) in [6, 6.07) is 22.3. The third kappa shape index (κ3) is 4.18. The number of hydrogen-bond acceptors (Lipinski definition) is 5. The van der Waals surface area contributed by atoms with Crippen molar-refractivity contribution >= 4 is 0 Å². The molecule has 0 atom stereocenters. The lowest BCUT2D eigenvalue weighted by Crippen LogP contribution is -2.09. The molecule has 5 rings (SSSR count). The zero-order valence-electron chi connectivity index (χ0n) is 18.1. The van der Waals surface area contributed by atoms with Gasteiger partial charge in [-0.1, -0.05) is 71.1 Å². The SMILES string of the molecule is Cc1nc(C)c(Cn2cc(-c3ccccc3)nn2)cc1Cn1cc(-c2ccccc2)nn1. The Bertz CT molecular complexity index is 1240. The van der Waals surface area contributed by atoms with Gasteiger partial charge in [-0.15, -0.1) is 10.2 Å². The van der Waals surface area contributed by atoms with Crippen molar-refractivity contribution in [2.45, 2.75) is 26.9 Å². The lowest BCUT2D eigenvalue weighted by Gasteiger charge is -2.11. The number of hydrogen-bond donors (Lipinski definition) is 0. The number of nitrogens with zero attached hydrogens (tertiary/aromatic N) is 7. The van der Waals surface area contributed by atoms with Crippen LogP contribution in [-0.4, -0.2) is 35.0 Å². The second-order valence-electron chi connectivity index (χ2n) is 7.81. The van der Waals surface area contributed by atoms with Crippen LogP contribution in [0.5, 0.6) is 0 Å². The minimum absolute atomic E-state index is 0.610. The van der Waals surface area contributed by atoms with Gasteiger partial charge in [-0.3, -0.25) is 4.98 Å². The van der Waals surface area contributed by atoms with Crippen molar-refractivity contribution in [1.29, 1.82) is 0 Å². The van der Waals surface area contributed by atoms with E-state index in [9.17, 15) is 0 Å². The number of aryl methyl sites for hydroxylation is 2. The molecule has 0 aliphatic rings. The van der Waals surface area contributed by atoms with Crippen molar-refractivity contribution in [3.05, 3.63) is 102 Å². The lowest BCUT2D eigenvalue weighted by atomic mass is 10.1. The normalized spacial score (nSPS) is 11.1. The van der Waals surface area contributed by atoms with Crippen LogP contribution < -0.4 is 0 Å². The highest BCUT2D eigenvalue weighted by Crippen LogP contribution is 2.19. The Labute approximate surface area is 186 Å². The second kappa shape index (κ2) is 8.55. The summed E-state index contributed by atoms with van der Waals surface area (Å²) < 4.78 is 3.71. The van der Waals surface area contributed by atoms with E-state index in [4.69, 9.17) is 4.98 Å². The third-order valence-electron chi connectivity index (χ3n) is 5.49. The van der Waals surface area contributed by atoms with Crippen LogP contribution in [0.25, 0.3) is 22.5 Å². The van der Waals surface area contributed by atoms with Crippen LogP contribution in [0.4, 0.5) is 0 Å². The number of benzene rings is 2. The van der Waals surface area contributed by atoms with E-state index in [1.54, 1.807) is 0 Å². The minimum Gasteiger partial charge on any atom is -0.258 e. The van der Waals surface area contributed by atoms with Gasteiger partial charge in [-0.05, 0) is 31.0 Å². The van der Waals surface area contributed by atoms with E-state index in [0.29, 0.717) is 13.1 Å². The molecule has 0 amide bonds. The molecular formula is C25H23N7. The predicted molar refractivity (Wildman–Crippen MR) is 123 cm³/mol. The summed E-state index contributed by atoms with van der Waals surface area (Å²) in [7, 11) is 0. The van der Waals surface area contributed by atoms with Gasteiger partial charge >= 0.3 is 0 Å². The highest BCUT2D eigenvalue weighted by atomic mass is 15.4. The Morgan fingerprint density at radius 2 is 1.06 bits per heavy atom. The molecule has 7 heteroatoms. The smallest absolute Gasteiger partial charge is 0.113 e. The van der Waals surface area contributed by atoms with Crippen molar-refractivity contribution in [3.8, 4) is 22.5 Å². The summed E-state index contributed by atoms with van der Waals surface area (Å²) in [5.41, 5.74) is 8.03. The Morgan fingerprint density at radius 3 is 1.50 bits per heavy atom. The summed E-state index contributed by atoms with van der Waals surface area (Å²) in [6.07, 6.45) is 3.94. The van der Waals surface area contributed by atoms with Crippen LogP contribution in [-0.2, 0) is 13.1 Å². The molecule has 32 heavy (non-hydrogen) atoms. The fourth-order valence-electron chi connectivity index (χ4n) is 3.72. The molecule has 0 saturated carbocycles. The minimum atomic E-state index is 0.610. The summed E-state index contributed by atoms with van der Waals surface area (Å²) in [5, 5.41) is 17.3. The molecule has 5 aromatic rings. The number of aromatic nitrogens is 7. The highest BCUT2D eigenvalue weighted by Gasteiger charge is 2.11. The molecule has 3 heterocycles. The average molecular weight is 422 g/mol. The van der Waals surface area contributed by atoms with Gasteiger partial charge in [0.25, 0.3) is 0 Å². The van der Waals surface area contributed by atoms with Crippen LogP contribution in [0.1, 0.15) is 22.5 Å². The molecule has 0 unspecified atom stereocenters. The first-order valence-electron chi connectivity index (χ1n) is 10.5. The molecule has 0 aliphatic carbocycles. The van der Waals surface area contributed by atoms with E-state index in [2.05, 4.69) is 26.7 Å². The molecule has 0 radical (unpaired) electrons. The van der Waals surface area contributed by atoms with Gasteiger partial charge in [0.1, 0.15) is 11.4 Å². The van der Waals surface area contributed by atoms with E-state index in [-0.39, 0.29) is 0 Å². The van der Waals surface area contributed by atoms with E-state index in [0.717, 1.165) is 45.0 Å². The Hall–Kier alpha value is -4.13. The van der Waals surface area contributed by atoms with Gasteiger partial charge in [-0.2, -0.15) is 0 Å². The Kier molecular flexibility index (Phi) is 5.29. The molecule has 0 aliphatic heterocycles. The highest BCUT2D eigenvalue weighted by molar-refractivity contribution is 5.57. The Morgan fingerprint density at radius 1 is 0.625 bits per heavy atom. The van der Waals surface area contributed by atoms with Crippen molar-refractivity contribution < 1.29 is 0 Å². The fourth-order valence-corrected chi connectivity index (χ4v) is 3.72. The maximum Gasteiger partial charge on any atom is 0.113 e. The van der Waals surface area contributed by atoms with Crippen LogP contribution >= 0.6 is 0 Å². The van der Waals surface area contributed by atoms with Crippen LogP contribution in [0.2, 0.25) is 0 Å². The van der Waals surface area contributed by atoms with Gasteiger partial charge in [-0.25, -0.2) is 9.36 Å². The van der Waals surface area contributed by atoms with Crippen LogP contribution in [0.15, 0.2) is 79.1 Å². The van der Waals surface area contributed by atoms with E-state index < -0.39 is 0 Å². The molecule has 0 N–H and O–H groups in total. The van der Waals surface area contributed by atoms with Crippen LogP contribution in [0.3, 0.4) is 0 Å². The van der Waals surface area contributed by atoms with Gasteiger partial charge in [0.2, 0.25) is 0 Å². The summed E-state index contributed by atoms with van der Waals surface area (Å²) in [6.45, 7) is 5.28. The van der Waals surface area contributed by atoms with Gasteiger partial charge < -0.3 is 0 Å². The van der Waals surface area contributed by atoms with Crippen molar-refractivity contribution in [2.75, 3.05) is 0 Å². The van der Waals surface area contributed by atoms with Crippen molar-refractivity contribution in [3.63, 3.8) is 0 Å². The maximum atomic E-state index is 4.77. The third-order valence-corrected chi connectivity index (χ3v) is 5.49. The van der Waals surface area contributed by atoms with E-state index in [1.165, 1.54) is 0 Å². The van der Waals surface area contributed by atoms with Crippen molar-refractivity contribution in [1.82, 2.24) is 35.0 Å². The molecular weight excluding hydrogens is 398 g/mol. The molecule has 0 fully saturated rings. The average Bonchev–Trinajstić information content (AvgIpc) is 3.48. The number of pyridine rings is 1. The molecule has 2 aromatic carbocycles. The molecule has 0 bridgehead atoms. The molecule has 0 spiro atoms. The molecule has 3 aromatic heterocycles. The van der Waals surface area contributed by atoms with E-state index >= 15 is 0 Å². The molecule has 0 saturated heterocycles. The number of rotatable bonds is 6. The monoisotopic (exact) mass is 421 g/mol. The quantitative estimate of drug-likeness (QED) is 0.408. The van der Waals surface area contributed by atoms with E-state index in [1.807, 2.05) is 96.3 Å². The summed E-state index contributed by atoms with van der Waals surface area (Å²) in [4.78, 5) is 4.77. The first-order valence-corrected chi connectivity index (χ1v) is 10.5. The summed E-state index contributed by atoms with van der Waals surface area (Å²) >= 11 is 0. The van der Waals surface area contributed by atoms with Gasteiger partial charge in [0, 0.05) is 22.5 Å². The fraction of sp³-hybridized carbons (Fsp3) is 0.160. The standard InChI is InChI=1S/C25H23N7/c1-18-22(14-31-16-24(27-29-31)20-9-5-3-6-10-20)13-23(19(2)26-18)15-32-17-25(28-30-32)21-11-7-4-8-12-21/h3-13,16-17H,14-15H2,1-2H3. The Balaban J connectivity index is 1.37. The first kappa shape index (κ1) is 19.8. The van der Waals surface area contributed by atoms with Gasteiger partial charge in [0.15, 0.2) is 0 Å². The summed E-state index contributed by atoms with van der Waals surface area (Å²) in [5.74, 6) is 0.